The fourth-order valence-corrected chi connectivity index (χ4v) is 11.0. The summed E-state index contributed by atoms with van der Waals surface area (Å²) in [6, 6.07) is 65.6. The molecule has 2 heterocycles. The number of hydrogen-bond acceptors (Lipinski definition) is 1. The first-order chi connectivity index (χ1) is 30.0. The lowest BCUT2D eigenvalue weighted by Crippen LogP contribution is -2.14. The zero-order chi connectivity index (χ0) is 40.4. The van der Waals surface area contributed by atoms with Crippen molar-refractivity contribution in [3.8, 4) is 50.2 Å². The van der Waals surface area contributed by atoms with Gasteiger partial charge in [-0.2, -0.15) is 0 Å². The smallest absolute Gasteiger partial charge is 0.142 e. The van der Waals surface area contributed by atoms with Gasteiger partial charge in [0, 0.05) is 44.8 Å². The molecule has 0 atom stereocenters. The highest BCUT2D eigenvalue weighted by Crippen LogP contribution is 2.51. The van der Waals surface area contributed by atoms with Crippen LogP contribution in [0.1, 0.15) is 42.7 Å². The molecule has 0 bridgehead atoms. The molecule has 0 saturated carbocycles. The number of aryl methyl sites for hydroxylation is 1. The van der Waals surface area contributed by atoms with Gasteiger partial charge in [0.2, 0.25) is 0 Å². The molecule has 0 N–H and O–H groups in total. The summed E-state index contributed by atoms with van der Waals surface area (Å²) in [5.41, 5.74) is 18.5. The highest BCUT2D eigenvalue weighted by molar-refractivity contribution is 6.21. The van der Waals surface area contributed by atoms with Crippen molar-refractivity contribution < 1.29 is 4.42 Å². The molecule has 2 aliphatic carbocycles. The molecule has 0 spiro atoms. The molecule has 2 nitrogen and oxygen atoms in total. The summed E-state index contributed by atoms with van der Waals surface area (Å²) in [5.74, 6) is 1.10. The minimum atomic E-state index is -0.0695. The van der Waals surface area contributed by atoms with Crippen molar-refractivity contribution in [3.05, 3.63) is 204 Å². The lowest BCUT2D eigenvalue weighted by atomic mass is 9.80. The molecular weight excluding hydrogens is 739 g/mol. The van der Waals surface area contributed by atoms with Crippen LogP contribution < -0.4 is 0 Å². The van der Waals surface area contributed by atoms with Crippen molar-refractivity contribution in [2.45, 2.75) is 32.1 Å². The molecular formula is C59H41NO. The van der Waals surface area contributed by atoms with Crippen molar-refractivity contribution in [3.63, 3.8) is 0 Å². The minimum absolute atomic E-state index is 0.0695. The van der Waals surface area contributed by atoms with Crippen molar-refractivity contribution in [1.29, 1.82) is 0 Å². The van der Waals surface area contributed by atoms with Gasteiger partial charge in [0.1, 0.15) is 11.3 Å². The van der Waals surface area contributed by atoms with Gasteiger partial charge in [0.25, 0.3) is 0 Å². The van der Waals surface area contributed by atoms with Gasteiger partial charge in [-0.3, -0.25) is 0 Å². The lowest BCUT2D eigenvalue weighted by Gasteiger charge is -2.23. The van der Waals surface area contributed by atoms with E-state index in [2.05, 4.69) is 206 Å². The molecule has 11 aromatic rings. The number of allylic oxidation sites excluding steroid dienone is 1. The molecule has 2 heteroatoms. The van der Waals surface area contributed by atoms with Crippen molar-refractivity contribution in [2.24, 2.45) is 0 Å². The quantitative estimate of drug-likeness (QED) is 0.163. The maximum Gasteiger partial charge on any atom is 0.142 e. The van der Waals surface area contributed by atoms with Gasteiger partial charge in [0.05, 0.1) is 11.0 Å². The first-order valence-electron chi connectivity index (χ1n) is 21.6. The van der Waals surface area contributed by atoms with Gasteiger partial charge >= 0.3 is 0 Å². The van der Waals surface area contributed by atoms with E-state index in [4.69, 9.17) is 4.42 Å². The summed E-state index contributed by atoms with van der Waals surface area (Å²) >= 11 is 0. The van der Waals surface area contributed by atoms with Crippen LogP contribution in [0, 0.1) is 0 Å². The zero-order valence-corrected chi connectivity index (χ0v) is 34.2. The Morgan fingerprint density at radius 1 is 0.459 bits per heavy atom. The fraction of sp³-hybridized carbons (Fsp3) is 0.0847. The average molecular weight is 780 g/mol. The Balaban J connectivity index is 0.947. The third kappa shape index (κ3) is 4.91. The first-order valence-corrected chi connectivity index (χ1v) is 21.6. The third-order valence-electron chi connectivity index (χ3n) is 13.9. The molecule has 0 aliphatic heterocycles. The Bertz CT molecular complexity index is 3610. The molecule has 0 unspecified atom stereocenters. The Morgan fingerprint density at radius 3 is 1.82 bits per heavy atom. The third-order valence-corrected chi connectivity index (χ3v) is 13.9. The number of nitrogens with zero attached hydrogens (tertiary/aromatic N) is 1. The second-order valence-electron chi connectivity index (χ2n) is 17.5. The molecule has 288 valence electrons. The van der Waals surface area contributed by atoms with Crippen LogP contribution >= 0.6 is 0 Å². The topological polar surface area (TPSA) is 18.1 Å². The summed E-state index contributed by atoms with van der Waals surface area (Å²) in [7, 11) is 0. The SMILES string of the molecule is CC1(C)c2ccccc2-c2ccc(-c3c4ccccc4c(-c4ccc(-n5c6ccccc6c6cc(-c7cccc8c9c(oc78)CCC=C9)ccc65)cc4)c4ccccc34)cc21. The standard InChI is InChI=1S/C59H41NO/c1-59(2)51-23-10-7-14-41(51)42-32-28-38(35-52(42)59)57-47-19-5-3-17-45(47)56(46-18-4-6-20-48(46)57)36-26-30-39(31-27-36)60-53-24-11-8-15-43(53)50-34-37(29-33-54(50)60)40-21-13-22-49-44-16-9-12-25-55(44)61-58(40)49/h3-11,13-24,26-35H,12,25H2,1-2H3. The monoisotopic (exact) mass is 779 g/mol. The zero-order valence-electron chi connectivity index (χ0n) is 34.2. The molecule has 61 heavy (non-hydrogen) atoms. The molecule has 0 fully saturated rings. The van der Waals surface area contributed by atoms with E-state index in [0.29, 0.717) is 0 Å². The molecule has 0 amide bonds. The van der Waals surface area contributed by atoms with Crippen LogP contribution in [-0.4, -0.2) is 4.57 Å². The Morgan fingerprint density at radius 2 is 1.05 bits per heavy atom. The molecule has 0 saturated heterocycles. The van der Waals surface area contributed by atoms with Crippen LogP contribution in [0.2, 0.25) is 0 Å². The number of rotatable bonds is 4. The highest BCUT2D eigenvalue weighted by atomic mass is 16.3. The van der Waals surface area contributed by atoms with E-state index in [1.54, 1.807) is 0 Å². The number of hydrogen-bond donors (Lipinski definition) is 0. The first kappa shape index (κ1) is 34.4. The van der Waals surface area contributed by atoms with Crippen LogP contribution in [0.3, 0.4) is 0 Å². The van der Waals surface area contributed by atoms with E-state index >= 15 is 0 Å². The van der Waals surface area contributed by atoms with E-state index < -0.39 is 0 Å². The molecule has 2 aromatic heterocycles. The summed E-state index contributed by atoms with van der Waals surface area (Å²) in [6.45, 7) is 4.74. The van der Waals surface area contributed by atoms with Crippen LogP contribution in [-0.2, 0) is 11.8 Å². The number of furan rings is 1. The van der Waals surface area contributed by atoms with Crippen molar-refractivity contribution in [1.82, 2.24) is 4.57 Å². The lowest BCUT2D eigenvalue weighted by molar-refractivity contribution is 0.547. The predicted molar refractivity (Wildman–Crippen MR) is 257 cm³/mol. The van der Waals surface area contributed by atoms with Crippen LogP contribution in [0.5, 0.6) is 0 Å². The van der Waals surface area contributed by atoms with Crippen LogP contribution in [0.15, 0.2) is 186 Å². The Hall–Kier alpha value is -7.42. The summed E-state index contributed by atoms with van der Waals surface area (Å²) < 4.78 is 8.98. The van der Waals surface area contributed by atoms with Gasteiger partial charge in [-0.05, 0) is 114 Å². The molecule has 0 radical (unpaired) electrons. The summed E-state index contributed by atoms with van der Waals surface area (Å²) in [4.78, 5) is 0. The van der Waals surface area contributed by atoms with Gasteiger partial charge in [0.15, 0.2) is 0 Å². The molecule has 2 aliphatic rings. The highest BCUT2D eigenvalue weighted by Gasteiger charge is 2.35. The predicted octanol–water partition coefficient (Wildman–Crippen LogP) is 16.1. The maximum absolute atomic E-state index is 6.56. The fourth-order valence-electron chi connectivity index (χ4n) is 11.0. The number of para-hydroxylation sites is 2. The Labute approximate surface area is 354 Å². The molecule has 13 rings (SSSR count). The maximum atomic E-state index is 6.56. The van der Waals surface area contributed by atoms with E-state index in [1.165, 1.54) is 104 Å². The Kier molecular flexibility index (Phi) is 7.22. The normalized spacial score (nSPS) is 14.0. The second-order valence-corrected chi connectivity index (χ2v) is 17.5. The number of aromatic nitrogens is 1. The van der Waals surface area contributed by atoms with Crippen molar-refractivity contribution in [2.75, 3.05) is 0 Å². The second kappa shape index (κ2) is 12.8. The number of fused-ring (bicyclic) bond motifs is 11. The van der Waals surface area contributed by atoms with Gasteiger partial charge in [-0.15, -0.1) is 0 Å². The van der Waals surface area contributed by atoms with Crippen molar-refractivity contribution >= 4 is 60.4 Å². The largest absolute Gasteiger partial charge is 0.460 e. The summed E-state index contributed by atoms with van der Waals surface area (Å²) in [6.07, 6.45) is 6.46. The van der Waals surface area contributed by atoms with Gasteiger partial charge in [-0.25, -0.2) is 0 Å². The van der Waals surface area contributed by atoms with Crippen LogP contribution in [0.4, 0.5) is 0 Å². The number of benzene rings is 9. The summed E-state index contributed by atoms with van der Waals surface area (Å²) in [5, 5.41) is 8.74. The molecule has 9 aromatic carbocycles. The van der Waals surface area contributed by atoms with E-state index in [1.807, 2.05) is 0 Å². The van der Waals surface area contributed by atoms with E-state index in [9.17, 15) is 0 Å². The van der Waals surface area contributed by atoms with E-state index in [-0.39, 0.29) is 5.41 Å². The van der Waals surface area contributed by atoms with Gasteiger partial charge < -0.3 is 8.98 Å². The van der Waals surface area contributed by atoms with Crippen LogP contribution in [0.25, 0.3) is 111 Å². The van der Waals surface area contributed by atoms with Gasteiger partial charge in [-0.1, -0.05) is 166 Å². The van der Waals surface area contributed by atoms with E-state index in [0.717, 1.165) is 35.4 Å². The minimum Gasteiger partial charge on any atom is -0.460 e. The average Bonchev–Trinajstić information content (AvgIpc) is 3.93.